The predicted octanol–water partition coefficient (Wildman–Crippen LogP) is 2.96. The van der Waals surface area contributed by atoms with Gasteiger partial charge in [0, 0.05) is 24.6 Å². The van der Waals surface area contributed by atoms with Crippen molar-refractivity contribution in [1.29, 1.82) is 0 Å². The van der Waals surface area contributed by atoms with Gasteiger partial charge in [-0.25, -0.2) is 4.99 Å². The van der Waals surface area contributed by atoms with E-state index in [1.807, 2.05) is 24.4 Å². The van der Waals surface area contributed by atoms with E-state index in [0.717, 1.165) is 30.9 Å². The minimum Gasteiger partial charge on any atom is -0.383 e. The number of thiophene rings is 1. The molecule has 0 aliphatic carbocycles. The zero-order valence-corrected chi connectivity index (χ0v) is 19.3. The van der Waals surface area contributed by atoms with Crippen molar-refractivity contribution in [3.63, 3.8) is 0 Å². The van der Waals surface area contributed by atoms with Gasteiger partial charge in [-0.1, -0.05) is 19.4 Å². The first-order valence-electron chi connectivity index (χ1n) is 9.04. The Morgan fingerprint density at radius 3 is 2.54 bits per heavy atom. The maximum Gasteiger partial charge on any atom is 0.191 e. The van der Waals surface area contributed by atoms with E-state index in [1.165, 1.54) is 11.3 Å². The fourth-order valence-electron chi connectivity index (χ4n) is 2.05. The van der Waals surface area contributed by atoms with Crippen molar-refractivity contribution in [1.82, 2.24) is 10.6 Å². The second kappa shape index (κ2) is 15.6. The van der Waals surface area contributed by atoms with Crippen LogP contribution in [0.1, 0.15) is 38.5 Å². The van der Waals surface area contributed by atoms with Crippen molar-refractivity contribution in [2.45, 2.75) is 39.2 Å². The van der Waals surface area contributed by atoms with Crippen molar-refractivity contribution in [3.05, 3.63) is 22.4 Å². The van der Waals surface area contributed by atoms with Crippen molar-refractivity contribution < 1.29 is 14.6 Å². The molecule has 0 radical (unpaired) electrons. The normalized spacial score (nSPS) is 13.8. The molecule has 26 heavy (non-hydrogen) atoms. The topological polar surface area (TPSA) is 75.1 Å². The monoisotopic (exact) mass is 499 g/mol. The minimum absolute atomic E-state index is 0. The van der Waals surface area contributed by atoms with Crippen LogP contribution in [0.5, 0.6) is 0 Å². The highest BCUT2D eigenvalue weighted by Gasteiger charge is 2.23. The van der Waals surface area contributed by atoms with Crippen LogP contribution in [0, 0.1) is 0 Å². The summed E-state index contributed by atoms with van der Waals surface area (Å²) in [5.74, 6) is 0.683. The Morgan fingerprint density at radius 1 is 1.19 bits per heavy atom. The van der Waals surface area contributed by atoms with Gasteiger partial charge >= 0.3 is 0 Å². The SMILES string of the molecule is CCCCOCCOCCNC(=NCC(C)(O)c1cccs1)NCC.I. The van der Waals surface area contributed by atoms with Gasteiger partial charge in [-0.15, -0.1) is 35.3 Å². The van der Waals surface area contributed by atoms with Gasteiger partial charge in [0.25, 0.3) is 0 Å². The fourth-order valence-corrected chi connectivity index (χ4v) is 2.83. The van der Waals surface area contributed by atoms with Crippen LogP contribution in [0.15, 0.2) is 22.5 Å². The Bertz CT molecular complexity index is 470. The molecule has 1 heterocycles. The lowest BCUT2D eigenvalue weighted by atomic mass is 10.1. The standard InChI is InChI=1S/C18H33N3O3S.HI/c1-4-6-10-23-12-13-24-11-9-20-17(19-5-2)21-15-18(3,22)16-8-7-14-25-16;/h7-8,14,22H,4-6,9-13,15H2,1-3H3,(H2,19,20,21);1H. The van der Waals surface area contributed by atoms with Crippen molar-refractivity contribution in [3.8, 4) is 0 Å². The number of aliphatic imine (C=N–C) groups is 1. The second-order valence-corrected chi connectivity index (χ2v) is 6.90. The number of aliphatic hydroxyl groups is 1. The van der Waals surface area contributed by atoms with Crippen LogP contribution in [-0.4, -0.2) is 57.1 Å². The number of ether oxygens (including phenoxy) is 2. The van der Waals surface area contributed by atoms with E-state index in [0.29, 0.717) is 38.9 Å². The highest BCUT2D eigenvalue weighted by molar-refractivity contribution is 14.0. The summed E-state index contributed by atoms with van der Waals surface area (Å²) in [4.78, 5) is 5.39. The summed E-state index contributed by atoms with van der Waals surface area (Å²) < 4.78 is 11.0. The molecule has 1 unspecified atom stereocenters. The number of hydrogen-bond acceptors (Lipinski definition) is 5. The van der Waals surface area contributed by atoms with Crippen LogP contribution in [0.4, 0.5) is 0 Å². The quantitative estimate of drug-likeness (QED) is 0.169. The Labute approximate surface area is 178 Å². The third kappa shape index (κ3) is 11.3. The van der Waals surface area contributed by atoms with Crippen molar-refractivity contribution >= 4 is 41.3 Å². The fraction of sp³-hybridized carbons (Fsp3) is 0.722. The van der Waals surface area contributed by atoms with Gasteiger partial charge in [0.05, 0.1) is 26.4 Å². The van der Waals surface area contributed by atoms with E-state index >= 15 is 0 Å². The largest absolute Gasteiger partial charge is 0.383 e. The van der Waals surface area contributed by atoms with Crippen molar-refractivity contribution in [2.24, 2.45) is 4.99 Å². The summed E-state index contributed by atoms with van der Waals surface area (Å²) in [5.41, 5.74) is -0.956. The Balaban J connectivity index is 0.00000625. The van der Waals surface area contributed by atoms with Gasteiger partial charge in [0.15, 0.2) is 5.96 Å². The summed E-state index contributed by atoms with van der Waals surface area (Å²) in [6, 6.07) is 3.86. The van der Waals surface area contributed by atoms with Gasteiger partial charge in [0.1, 0.15) is 5.60 Å². The summed E-state index contributed by atoms with van der Waals surface area (Å²) in [5, 5.41) is 18.9. The molecule has 0 fully saturated rings. The molecule has 1 rings (SSSR count). The smallest absolute Gasteiger partial charge is 0.191 e. The molecule has 0 aromatic carbocycles. The number of rotatable bonds is 13. The first-order valence-corrected chi connectivity index (χ1v) is 9.92. The first kappa shape index (κ1) is 25.6. The van der Waals surface area contributed by atoms with Crippen LogP contribution >= 0.6 is 35.3 Å². The van der Waals surface area contributed by atoms with Crippen LogP contribution in [-0.2, 0) is 15.1 Å². The molecule has 0 aliphatic rings. The molecule has 8 heteroatoms. The van der Waals surface area contributed by atoms with Crippen LogP contribution in [0.25, 0.3) is 0 Å². The molecule has 0 spiro atoms. The van der Waals surface area contributed by atoms with Crippen LogP contribution < -0.4 is 10.6 Å². The molecular formula is C18H34IN3O3S. The van der Waals surface area contributed by atoms with Gasteiger partial charge in [-0.3, -0.25) is 0 Å². The molecule has 6 nitrogen and oxygen atoms in total. The number of guanidine groups is 1. The summed E-state index contributed by atoms with van der Waals surface area (Å²) in [6.07, 6.45) is 2.25. The summed E-state index contributed by atoms with van der Waals surface area (Å²) in [6.45, 7) is 10.3. The highest BCUT2D eigenvalue weighted by Crippen LogP contribution is 2.25. The third-order valence-corrected chi connectivity index (χ3v) is 4.62. The third-order valence-electron chi connectivity index (χ3n) is 3.49. The van der Waals surface area contributed by atoms with E-state index in [-0.39, 0.29) is 24.0 Å². The van der Waals surface area contributed by atoms with Crippen LogP contribution in [0.3, 0.4) is 0 Å². The first-order chi connectivity index (χ1) is 12.1. The molecule has 1 atom stereocenters. The number of unbranched alkanes of at least 4 members (excludes halogenated alkanes) is 1. The molecule has 1 aromatic rings. The highest BCUT2D eigenvalue weighted by atomic mass is 127. The molecule has 152 valence electrons. The van der Waals surface area contributed by atoms with E-state index in [2.05, 4.69) is 22.5 Å². The lowest BCUT2D eigenvalue weighted by molar-refractivity contribution is 0.0486. The van der Waals surface area contributed by atoms with Gasteiger partial charge in [-0.05, 0) is 31.7 Å². The molecule has 0 saturated carbocycles. The van der Waals surface area contributed by atoms with E-state index < -0.39 is 5.60 Å². The average Bonchev–Trinajstić information content (AvgIpc) is 3.13. The van der Waals surface area contributed by atoms with E-state index in [4.69, 9.17) is 9.47 Å². The maximum absolute atomic E-state index is 10.5. The van der Waals surface area contributed by atoms with Gasteiger partial charge in [-0.2, -0.15) is 0 Å². The minimum atomic E-state index is -0.956. The van der Waals surface area contributed by atoms with Gasteiger partial charge < -0.3 is 25.2 Å². The zero-order chi connectivity index (χ0) is 18.4. The molecule has 0 aliphatic heterocycles. The molecule has 0 saturated heterocycles. The lowest BCUT2D eigenvalue weighted by Crippen LogP contribution is -2.40. The number of nitrogens with one attached hydrogen (secondary N) is 2. The van der Waals surface area contributed by atoms with Gasteiger partial charge in [0.2, 0.25) is 0 Å². The van der Waals surface area contributed by atoms with E-state index in [9.17, 15) is 5.11 Å². The lowest BCUT2D eigenvalue weighted by Gasteiger charge is -2.20. The zero-order valence-electron chi connectivity index (χ0n) is 16.1. The molecule has 1 aromatic heterocycles. The molecule has 3 N–H and O–H groups in total. The average molecular weight is 499 g/mol. The predicted molar refractivity (Wildman–Crippen MR) is 120 cm³/mol. The summed E-state index contributed by atoms with van der Waals surface area (Å²) >= 11 is 1.54. The number of halogens is 1. The van der Waals surface area contributed by atoms with E-state index in [1.54, 1.807) is 6.92 Å². The number of nitrogens with zero attached hydrogens (tertiary/aromatic N) is 1. The molecule has 0 amide bonds. The molecular weight excluding hydrogens is 465 g/mol. The Morgan fingerprint density at radius 2 is 1.92 bits per heavy atom. The Hall–Kier alpha value is -0.420. The van der Waals surface area contributed by atoms with Crippen LogP contribution in [0.2, 0.25) is 0 Å². The Kier molecular flexibility index (Phi) is 15.4. The maximum atomic E-state index is 10.5. The summed E-state index contributed by atoms with van der Waals surface area (Å²) in [7, 11) is 0. The second-order valence-electron chi connectivity index (χ2n) is 5.95. The van der Waals surface area contributed by atoms with Crippen molar-refractivity contribution in [2.75, 3.05) is 46.1 Å². The molecule has 0 bridgehead atoms. The number of hydrogen-bond donors (Lipinski definition) is 3.